The molecule has 3 aromatic rings. The summed E-state index contributed by atoms with van der Waals surface area (Å²) in [7, 11) is 0. The lowest BCUT2D eigenvalue weighted by Gasteiger charge is -2.54. The first-order chi connectivity index (χ1) is 21.0. The summed E-state index contributed by atoms with van der Waals surface area (Å²) in [6.45, 7) is 3.15. The molecule has 10 rings (SSSR count). The van der Waals surface area contributed by atoms with Gasteiger partial charge in [-0.05, 0) is 97.2 Å². The molecule has 10 bridgehead atoms. The van der Waals surface area contributed by atoms with E-state index in [0.717, 1.165) is 35.2 Å². The average molecular weight is 577 g/mol. The number of imidazole rings is 1. The summed E-state index contributed by atoms with van der Waals surface area (Å²) in [5, 5.41) is 13.3. The van der Waals surface area contributed by atoms with Gasteiger partial charge in [-0.1, -0.05) is 6.07 Å². The third-order valence-electron chi connectivity index (χ3n) is 10.5. The van der Waals surface area contributed by atoms with E-state index < -0.39 is 0 Å². The number of nitrogens with one attached hydrogen (secondary N) is 1. The summed E-state index contributed by atoms with van der Waals surface area (Å²) in [6, 6.07) is 13.6. The van der Waals surface area contributed by atoms with Crippen LogP contribution >= 0.6 is 0 Å². The Balaban J connectivity index is 1.13. The maximum absolute atomic E-state index is 13.9. The van der Waals surface area contributed by atoms with Gasteiger partial charge in [0.1, 0.15) is 17.6 Å². The van der Waals surface area contributed by atoms with E-state index in [1.165, 1.54) is 32.1 Å². The Morgan fingerprint density at radius 3 is 2.53 bits per heavy atom. The molecule has 5 fully saturated rings. The van der Waals surface area contributed by atoms with E-state index in [4.69, 9.17) is 4.74 Å². The zero-order valence-corrected chi connectivity index (χ0v) is 24.2. The Labute approximate surface area is 251 Å². The highest BCUT2D eigenvalue weighted by atomic mass is 16.5. The van der Waals surface area contributed by atoms with Crippen molar-refractivity contribution in [2.45, 2.75) is 57.8 Å². The largest absolute Gasteiger partial charge is 0.456 e. The number of carbonyl (C=O) groups excluding carboxylic acids is 2. The van der Waals surface area contributed by atoms with Gasteiger partial charge < -0.3 is 19.5 Å². The lowest BCUT2D eigenvalue weighted by Crippen LogP contribution is -2.56. The molecule has 43 heavy (non-hydrogen) atoms. The summed E-state index contributed by atoms with van der Waals surface area (Å²) in [4.78, 5) is 35.7. The zero-order chi connectivity index (χ0) is 29.1. The molecule has 220 valence electrons. The Kier molecular flexibility index (Phi) is 6.48. The summed E-state index contributed by atoms with van der Waals surface area (Å²) in [5.74, 6) is 3.81. The second-order valence-corrected chi connectivity index (χ2v) is 13.3. The van der Waals surface area contributed by atoms with Crippen molar-refractivity contribution in [1.82, 2.24) is 24.7 Å². The molecule has 2 amide bonds. The fraction of sp³-hybridized carbons (Fsp3) is 0.471. The third kappa shape index (κ3) is 4.98. The van der Waals surface area contributed by atoms with Crippen LogP contribution in [-0.2, 0) is 24.4 Å². The third-order valence-corrected chi connectivity index (χ3v) is 10.5. The van der Waals surface area contributed by atoms with E-state index in [1.54, 1.807) is 18.5 Å². The molecule has 0 radical (unpaired) electrons. The fourth-order valence-corrected chi connectivity index (χ4v) is 8.66. The highest BCUT2D eigenvalue weighted by molar-refractivity contribution is 5.96. The topological polar surface area (TPSA) is 103 Å². The van der Waals surface area contributed by atoms with E-state index in [-0.39, 0.29) is 17.9 Å². The molecule has 4 heterocycles. The number of benzene rings is 2. The number of rotatable bonds is 2. The summed E-state index contributed by atoms with van der Waals surface area (Å²) >= 11 is 0. The molecule has 2 aromatic carbocycles. The molecular weight excluding hydrogens is 540 g/mol. The van der Waals surface area contributed by atoms with Crippen molar-refractivity contribution in [3.63, 3.8) is 0 Å². The standard InChI is InChI=1S/C34H36N6O3/c35-14-24-2-1-21-12-31(24)43-29-3-4-30(34(42)37-33-25-8-22-7-23(10-25)11-26(33)9-22)27(13-29)17-39-6-5-38(19-32(39)41)18-28-15-36-20-40(28)16-21/h1-4,12-13,15,20,22-23,25-26,33H,5-11,16-19H2,(H,37,42). The first kappa shape index (κ1) is 26.5. The van der Waals surface area contributed by atoms with Crippen LogP contribution in [0.1, 0.15) is 64.8 Å². The summed E-state index contributed by atoms with van der Waals surface area (Å²) < 4.78 is 8.40. The minimum Gasteiger partial charge on any atom is -0.456 e. The molecular formula is C34H36N6O3. The SMILES string of the molecule is N#Cc1ccc2cc1Oc1ccc(C(=O)NC3C4CC5CC(C4)CC3C5)c(c1)CN1CCN(CC1=O)Cc1cncn1C2. The molecule has 4 aliphatic carbocycles. The number of amides is 2. The van der Waals surface area contributed by atoms with Crippen LogP contribution in [-0.4, -0.2) is 56.8 Å². The van der Waals surface area contributed by atoms with Gasteiger partial charge in [0.05, 0.1) is 24.1 Å². The normalized spacial score (nSPS) is 29.1. The quantitative estimate of drug-likeness (QED) is 0.488. The smallest absolute Gasteiger partial charge is 0.251 e. The summed E-state index contributed by atoms with van der Waals surface area (Å²) in [5.41, 5.74) is 3.79. The van der Waals surface area contributed by atoms with E-state index >= 15 is 0 Å². The van der Waals surface area contributed by atoms with Crippen molar-refractivity contribution >= 4 is 11.8 Å². The minimum atomic E-state index is -0.0625. The van der Waals surface area contributed by atoms with Crippen LogP contribution in [0, 0.1) is 35.0 Å². The molecule has 1 aromatic heterocycles. The van der Waals surface area contributed by atoms with Gasteiger partial charge in [-0.25, -0.2) is 4.98 Å². The van der Waals surface area contributed by atoms with Gasteiger partial charge in [0.25, 0.3) is 5.91 Å². The lowest BCUT2D eigenvalue weighted by atomic mass is 9.54. The zero-order valence-electron chi connectivity index (χ0n) is 24.2. The first-order valence-electron chi connectivity index (χ1n) is 15.6. The van der Waals surface area contributed by atoms with E-state index in [9.17, 15) is 14.9 Å². The Morgan fingerprint density at radius 1 is 0.953 bits per heavy atom. The van der Waals surface area contributed by atoms with Gasteiger partial charge in [-0.2, -0.15) is 5.26 Å². The summed E-state index contributed by atoms with van der Waals surface area (Å²) in [6.07, 6.45) is 9.96. The second-order valence-electron chi connectivity index (χ2n) is 13.3. The van der Waals surface area contributed by atoms with E-state index in [2.05, 4.69) is 25.8 Å². The Bertz CT molecular complexity index is 1610. The maximum Gasteiger partial charge on any atom is 0.251 e. The lowest BCUT2D eigenvalue weighted by molar-refractivity contribution is -0.136. The van der Waals surface area contributed by atoms with Crippen LogP contribution in [0.4, 0.5) is 0 Å². The van der Waals surface area contributed by atoms with Gasteiger partial charge in [0, 0.05) is 50.5 Å². The number of fused-ring (bicyclic) bond motifs is 2. The molecule has 4 saturated carbocycles. The molecule has 1 saturated heterocycles. The van der Waals surface area contributed by atoms with Crippen LogP contribution in [0.25, 0.3) is 0 Å². The molecule has 1 atom stereocenters. The van der Waals surface area contributed by atoms with Crippen LogP contribution in [0.2, 0.25) is 0 Å². The predicted molar refractivity (Wildman–Crippen MR) is 158 cm³/mol. The van der Waals surface area contributed by atoms with Gasteiger partial charge in [-0.3, -0.25) is 14.5 Å². The monoisotopic (exact) mass is 576 g/mol. The number of ether oxygens (including phenoxy) is 1. The number of carbonyl (C=O) groups is 2. The number of hydrogen-bond donors (Lipinski definition) is 1. The van der Waals surface area contributed by atoms with Gasteiger partial charge in [0.15, 0.2) is 0 Å². The van der Waals surface area contributed by atoms with Crippen LogP contribution in [0.5, 0.6) is 11.5 Å². The predicted octanol–water partition coefficient (Wildman–Crippen LogP) is 4.31. The molecule has 7 aliphatic rings. The molecule has 9 heteroatoms. The van der Waals surface area contributed by atoms with Crippen molar-refractivity contribution in [3.8, 4) is 17.6 Å². The average Bonchev–Trinajstić information content (AvgIpc) is 3.42. The number of hydrogen-bond acceptors (Lipinski definition) is 6. The first-order valence-corrected chi connectivity index (χ1v) is 15.6. The highest BCUT2D eigenvalue weighted by Crippen LogP contribution is 2.53. The number of nitriles is 1. The van der Waals surface area contributed by atoms with Gasteiger partial charge >= 0.3 is 0 Å². The molecule has 0 spiro atoms. The number of piperazine rings is 1. The molecule has 1 N–H and O–H groups in total. The van der Waals surface area contributed by atoms with Crippen LogP contribution in [0.3, 0.4) is 0 Å². The molecule has 1 unspecified atom stereocenters. The molecule has 9 nitrogen and oxygen atoms in total. The van der Waals surface area contributed by atoms with Crippen molar-refractivity contribution in [2.75, 3.05) is 19.6 Å². The second kappa shape index (κ2) is 10.5. The van der Waals surface area contributed by atoms with Gasteiger partial charge in [-0.15, -0.1) is 0 Å². The van der Waals surface area contributed by atoms with E-state index in [0.29, 0.717) is 67.2 Å². The number of aromatic nitrogens is 2. The van der Waals surface area contributed by atoms with Crippen molar-refractivity contribution in [1.29, 1.82) is 5.26 Å². The van der Waals surface area contributed by atoms with Crippen molar-refractivity contribution in [2.24, 2.45) is 23.7 Å². The van der Waals surface area contributed by atoms with Crippen LogP contribution < -0.4 is 10.1 Å². The fourth-order valence-electron chi connectivity index (χ4n) is 8.66. The maximum atomic E-state index is 13.9. The van der Waals surface area contributed by atoms with Crippen LogP contribution in [0.15, 0.2) is 48.9 Å². The highest BCUT2D eigenvalue weighted by Gasteiger charge is 2.48. The van der Waals surface area contributed by atoms with Gasteiger partial charge in [0.2, 0.25) is 5.91 Å². The van der Waals surface area contributed by atoms with Crippen molar-refractivity contribution < 1.29 is 14.3 Å². The number of nitrogens with zero attached hydrogens (tertiary/aromatic N) is 5. The van der Waals surface area contributed by atoms with E-state index in [1.807, 2.05) is 35.4 Å². The Morgan fingerprint density at radius 2 is 1.77 bits per heavy atom. The van der Waals surface area contributed by atoms with Crippen molar-refractivity contribution in [3.05, 3.63) is 76.9 Å². The minimum absolute atomic E-state index is 0.0418. The molecule has 3 aliphatic heterocycles. The Hall–Kier alpha value is -4.16.